The van der Waals surface area contributed by atoms with Gasteiger partial charge in [-0.2, -0.15) is 0 Å². The standard InChI is InChI=1S/C13H25ClN2O8/c1-22-6-5-16(12(20)15-4-3-14)13(21)10(19)9(18)8(7-17)24-11(13)23-2/h8-11,17-19,21H,3-7H2,1-2H3,(H,15,20)/t8-,9-,10+,11+,13+/m1/s1. The fourth-order valence-corrected chi connectivity index (χ4v) is 2.57. The molecule has 0 aromatic rings. The van der Waals surface area contributed by atoms with Crippen LogP contribution < -0.4 is 5.32 Å². The molecular formula is C13H25ClN2O8. The molecule has 1 saturated heterocycles. The molecule has 11 heteroatoms. The topological polar surface area (TPSA) is 141 Å². The molecule has 0 spiro atoms. The molecule has 0 unspecified atom stereocenters. The average Bonchev–Trinajstić information content (AvgIpc) is 2.58. The van der Waals surface area contributed by atoms with Crippen molar-refractivity contribution in [3.05, 3.63) is 0 Å². The van der Waals surface area contributed by atoms with Gasteiger partial charge in [0.1, 0.15) is 18.3 Å². The summed E-state index contributed by atoms with van der Waals surface area (Å²) in [5, 5.41) is 43.1. The Morgan fingerprint density at radius 3 is 2.58 bits per heavy atom. The first-order valence-corrected chi connectivity index (χ1v) is 7.89. The lowest BCUT2D eigenvalue weighted by atomic mass is 9.92. The van der Waals surface area contributed by atoms with Crippen molar-refractivity contribution in [3.8, 4) is 0 Å². The van der Waals surface area contributed by atoms with Gasteiger partial charge in [-0.25, -0.2) is 4.79 Å². The molecule has 1 heterocycles. The van der Waals surface area contributed by atoms with E-state index < -0.39 is 43.0 Å². The Hall–Kier alpha value is -0.720. The zero-order chi connectivity index (χ0) is 18.3. The number of ether oxygens (including phenoxy) is 3. The molecule has 0 radical (unpaired) electrons. The third-order valence-corrected chi connectivity index (χ3v) is 3.94. The molecule has 142 valence electrons. The molecule has 5 atom stereocenters. The van der Waals surface area contributed by atoms with Crippen LogP contribution >= 0.6 is 11.6 Å². The molecule has 24 heavy (non-hydrogen) atoms. The van der Waals surface area contributed by atoms with Crippen molar-refractivity contribution in [2.45, 2.75) is 30.3 Å². The summed E-state index contributed by atoms with van der Waals surface area (Å²) in [6, 6.07) is -0.755. The van der Waals surface area contributed by atoms with Gasteiger partial charge in [0, 0.05) is 33.2 Å². The van der Waals surface area contributed by atoms with Crippen LogP contribution in [0.2, 0.25) is 0 Å². The van der Waals surface area contributed by atoms with Crippen LogP contribution in [-0.4, -0.2) is 108 Å². The number of nitrogens with one attached hydrogen (secondary N) is 1. The molecule has 0 aromatic carbocycles. The van der Waals surface area contributed by atoms with E-state index in [0.717, 1.165) is 4.90 Å². The molecule has 1 aliphatic heterocycles. The number of amides is 2. The number of aliphatic hydroxyl groups is 4. The number of alkyl halides is 1. The number of urea groups is 1. The van der Waals surface area contributed by atoms with Crippen molar-refractivity contribution >= 4 is 17.6 Å². The van der Waals surface area contributed by atoms with Gasteiger partial charge in [-0.15, -0.1) is 11.6 Å². The van der Waals surface area contributed by atoms with E-state index in [1.807, 2.05) is 0 Å². The van der Waals surface area contributed by atoms with Gasteiger partial charge in [0.25, 0.3) is 0 Å². The number of rotatable bonds is 8. The minimum atomic E-state index is -2.41. The predicted molar refractivity (Wildman–Crippen MR) is 82.4 cm³/mol. The average molecular weight is 373 g/mol. The Labute approximate surface area is 144 Å². The SMILES string of the molecule is COCCN(C(=O)NCCCl)[C@@]1(O)[C@@H](OC)O[C@H](CO)[C@@H](O)[C@@H]1O. The van der Waals surface area contributed by atoms with Crippen LogP contribution in [0.4, 0.5) is 4.79 Å². The second-order valence-corrected chi connectivity index (χ2v) is 5.59. The van der Waals surface area contributed by atoms with E-state index in [2.05, 4.69) is 5.32 Å². The van der Waals surface area contributed by atoms with Gasteiger partial charge in [0.05, 0.1) is 13.2 Å². The summed E-state index contributed by atoms with van der Waals surface area (Å²) >= 11 is 5.53. The normalized spacial score (nSPS) is 33.3. The quantitative estimate of drug-likeness (QED) is 0.236. The highest BCUT2D eigenvalue weighted by molar-refractivity contribution is 6.18. The molecule has 1 aliphatic rings. The Morgan fingerprint density at radius 2 is 2.08 bits per heavy atom. The Bertz CT molecular complexity index is 400. The maximum absolute atomic E-state index is 12.4. The summed E-state index contributed by atoms with van der Waals surface area (Å²) in [5.41, 5.74) is -2.41. The second-order valence-electron chi connectivity index (χ2n) is 5.21. The molecule has 10 nitrogen and oxygen atoms in total. The lowest BCUT2D eigenvalue weighted by Gasteiger charge is -2.51. The first kappa shape index (κ1) is 21.3. The van der Waals surface area contributed by atoms with Crippen LogP contribution in [0.1, 0.15) is 0 Å². The number of nitrogens with zero attached hydrogens (tertiary/aromatic N) is 1. The van der Waals surface area contributed by atoms with E-state index in [1.165, 1.54) is 14.2 Å². The number of aliphatic hydroxyl groups excluding tert-OH is 3. The summed E-state index contributed by atoms with van der Waals surface area (Å²) in [6.45, 7) is -0.571. The lowest BCUT2D eigenvalue weighted by Crippen LogP contribution is -2.75. The van der Waals surface area contributed by atoms with Crippen LogP contribution in [0, 0.1) is 0 Å². The number of hydrogen-bond acceptors (Lipinski definition) is 8. The fraction of sp³-hybridized carbons (Fsp3) is 0.923. The third-order valence-electron chi connectivity index (χ3n) is 3.75. The highest BCUT2D eigenvalue weighted by Crippen LogP contribution is 2.33. The molecule has 5 N–H and O–H groups in total. The largest absolute Gasteiger partial charge is 0.394 e. The maximum atomic E-state index is 12.4. The molecule has 0 aromatic heterocycles. The van der Waals surface area contributed by atoms with Gasteiger partial charge < -0.3 is 40.0 Å². The summed E-state index contributed by atoms with van der Waals surface area (Å²) in [7, 11) is 2.59. The van der Waals surface area contributed by atoms with Crippen molar-refractivity contribution in [2.75, 3.05) is 46.4 Å². The molecule has 0 saturated carbocycles. The number of halogens is 1. The molecular weight excluding hydrogens is 348 g/mol. The zero-order valence-electron chi connectivity index (χ0n) is 13.6. The Balaban J connectivity index is 3.15. The highest BCUT2D eigenvalue weighted by atomic mass is 35.5. The Kier molecular flexibility index (Phi) is 8.60. The zero-order valence-corrected chi connectivity index (χ0v) is 14.3. The van der Waals surface area contributed by atoms with Crippen LogP contribution in [0.25, 0.3) is 0 Å². The van der Waals surface area contributed by atoms with Crippen molar-refractivity contribution in [2.24, 2.45) is 0 Å². The first-order chi connectivity index (χ1) is 11.4. The fourth-order valence-electron chi connectivity index (χ4n) is 2.48. The number of carbonyl (C=O) groups is 1. The molecule has 1 fully saturated rings. The summed E-state index contributed by atoms with van der Waals surface area (Å²) in [5.74, 6) is 0.143. The van der Waals surface area contributed by atoms with E-state index in [9.17, 15) is 25.2 Å². The van der Waals surface area contributed by atoms with Crippen LogP contribution in [0.3, 0.4) is 0 Å². The van der Waals surface area contributed by atoms with Crippen LogP contribution in [-0.2, 0) is 14.2 Å². The van der Waals surface area contributed by atoms with Crippen molar-refractivity contribution < 1.29 is 39.4 Å². The number of methoxy groups -OCH3 is 2. The van der Waals surface area contributed by atoms with Gasteiger partial charge in [0.2, 0.25) is 12.0 Å². The van der Waals surface area contributed by atoms with E-state index in [1.54, 1.807) is 0 Å². The monoisotopic (exact) mass is 372 g/mol. The van der Waals surface area contributed by atoms with Crippen molar-refractivity contribution in [1.29, 1.82) is 0 Å². The van der Waals surface area contributed by atoms with E-state index in [4.69, 9.17) is 25.8 Å². The third kappa shape index (κ3) is 4.27. The summed E-state index contributed by atoms with van der Waals surface area (Å²) in [4.78, 5) is 13.2. The number of hydrogen-bond donors (Lipinski definition) is 5. The molecule has 0 bridgehead atoms. The Morgan fingerprint density at radius 1 is 1.42 bits per heavy atom. The molecule has 2 amide bonds. The first-order valence-electron chi connectivity index (χ1n) is 7.36. The minimum absolute atomic E-state index is 0.0410. The second kappa shape index (κ2) is 9.68. The van der Waals surface area contributed by atoms with Gasteiger partial charge in [-0.3, -0.25) is 4.90 Å². The lowest BCUT2D eigenvalue weighted by molar-refractivity contribution is -0.367. The van der Waals surface area contributed by atoms with Crippen molar-refractivity contribution in [3.63, 3.8) is 0 Å². The van der Waals surface area contributed by atoms with Gasteiger partial charge in [-0.1, -0.05) is 0 Å². The smallest absolute Gasteiger partial charge is 0.320 e. The van der Waals surface area contributed by atoms with Gasteiger partial charge in [-0.05, 0) is 0 Å². The van der Waals surface area contributed by atoms with Crippen LogP contribution in [0.5, 0.6) is 0 Å². The van der Waals surface area contributed by atoms with Crippen LogP contribution in [0.15, 0.2) is 0 Å². The van der Waals surface area contributed by atoms with E-state index >= 15 is 0 Å². The molecule has 1 rings (SSSR count). The summed E-state index contributed by atoms with van der Waals surface area (Å²) < 4.78 is 15.2. The van der Waals surface area contributed by atoms with E-state index in [-0.39, 0.29) is 25.6 Å². The summed E-state index contributed by atoms with van der Waals surface area (Å²) in [6.07, 6.45) is -6.18. The highest BCUT2D eigenvalue weighted by Gasteiger charge is 2.59. The van der Waals surface area contributed by atoms with E-state index in [0.29, 0.717) is 0 Å². The van der Waals surface area contributed by atoms with Gasteiger partial charge >= 0.3 is 6.03 Å². The maximum Gasteiger partial charge on any atom is 0.320 e. The van der Waals surface area contributed by atoms with Gasteiger partial charge in [0.15, 0.2) is 0 Å². The van der Waals surface area contributed by atoms with Crippen molar-refractivity contribution in [1.82, 2.24) is 10.2 Å². The minimum Gasteiger partial charge on any atom is -0.394 e. The number of carbonyl (C=O) groups excluding carboxylic acids is 1. The predicted octanol–water partition coefficient (Wildman–Crippen LogP) is -2.34. The molecule has 0 aliphatic carbocycles.